The van der Waals surface area contributed by atoms with E-state index in [-0.39, 0.29) is 30.1 Å². The summed E-state index contributed by atoms with van der Waals surface area (Å²) in [6, 6.07) is -0.474. The van der Waals surface area contributed by atoms with Crippen LogP contribution in [-0.2, 0) is 9.59 Å². The quantitative estimate of drug-likeness (QED) is 0.792. The molecule has 3 N–H and O–H groups in total. The zero-order chi connectivity index (χ0) is 13.1. The molecule has 0 bridgehead atoms. The normalized spacial score (nSPS) is 24.3. The van der Waals surface area contributed by atoms with Crippen molar-refractivity contribution in [1.29, 1.82) is 0 Å². The third kappa shape index (κ3) is 4.66. The molecule has 2 aliphatic rings. The van der Waals surface area contributed by atoms with Crippen LogP contribution in [0.25, 0.3) is 0 Å². The molecule has 1 unspecified atom stereocenters. The molecular weight excluding hydrogens is 266 g/mol. The molecular formula is C13H24ClN3O2. The van der Waals surface area contributed by atoms with E-state index in [9.17, 15) is 9.59 Å². The minimum atomic E-state index is -0.474. The van der Waals surface area contributed by atoms with Crippen LogP contribution in [0.15, 0.2) is 0 Å². The number of likely N-dealkylation sites (tertiary alicyclic amines) is 1. The first-order valence-corrected chi connectivity index (χ1v) is 6.90. The van der Waals surface area contributed by atoms with Crippen LogP contribution in [0, 0.1) is 11.8 Å². The van der Waals surface area contributed by atoms with Gasteiger partial charge in [0.15, 0.2) is 0 Å². The Morgan fingerprint density at radius 1 is 1.37 bits per heavy atom. The molecule has 2 fully saturated rings. The lowest BCUT2D eigenvalue weighted by molar-refractivity contribution is -0.136. The first-order chi connectivity index (χ1) is 8.58. The van der Waals surface area contributed by atoms with Crippen molar-refractivity contribution >= 4 is 24.2 Å². The van der Waals surface area contributed by atoms with E-state index in [0.717, 1.165) is 25.9 Å². The summed E-state index contributed by atoms with van der Waals surface area (Å²) in [4.78, 5) is 25.5. The molecule has 1 saturated heterocycles. The van der Waals surface area contributed by atoms with Crippen LogP contribution in [0.2, 0.25) is 0 Å². The summed E-state index contributed by atoms with van der Waals surface area (Å²) in [6.07, 6.45) is 4.24. The number of amides is 2. The SMILES string of the molecule is C[C@@H](N)C(=O)N1CCCC(C(=O)NCC2CC2)C1.Cl. The molecule has 1 aliphatic heterocycles. The van der Waals surface area contributed by atoms with E-state index in [4.69, 9.17) is 5.73 Å². The standard InChI is InChI=1S/C13H23N3O2.ClH/c1-9(14)13(18)16-6-2-3-11(8-16)12(17)15-7-10-4-5-10;/h9-11H,2-8,14H2,1H3,(H,15,17);1H/t9-,11?;/m1./s1. The zero-order valence-electron chi connectivity index (χ0n) is 11.4. The predicted molar refractivity (Wildman–Crippen MR) is 75.9 cm³/mol. The molecule has 0 aromatic carbocycles. The summed E-state index contributed by atoms with van der Waals surface area (Å²) in [6.45, 7) is 3.75. The molecule has 110 valence electrons. The van der Waals surface area contributed by atoms with Crippen molar-refractivity contribution in [2.24, 2.45) is 17.6 Å². The van der Waals surface area contributed by atoms with Crippen LogP contribution in [0.3, 0.4) is 0 Å². The first-order valence-electron chi connectivity index (χ1n) is 6.90. The lowest BCUT2D eigenvalue weighted by Gasteiger charge is -2.33. The topological polar surface area (TPSA) is 75.4 Å². The monoisotopic (exact) mass is 289 g/mol. The Labute approximate surface area is 120 Å². The number of nitrogens with one attached hydrogen (secondary N) is 1. The van der Waals surface area contributed by atoms with Crippen LogP contribution in [0.5, 0.6) is 0 Å². The summed E-state index contributed by atoms with van der Waals surface area (Å²) in [5.74, 6) is 0.693. The van der Waals surface area contributed by atoms with Crippen molar-refractivity contribution in [3.63, 3.8) is 0 Å². The number of carbonyl (C=O) groups excluding carboxylic acids is 2. The first kappa shape index (κ1) is 16.2. The Morgan fingerprint density at radius 2 is 2.05 bits per heavy atom. The highest BCUT2D eigenvalue weighted by Gasteiger charge is 2.30. The van der Waals surface area contributed by atoms with Crippen LogP contribution in [-0.4, -0.2) is 42.4 Å². The van der Waals surface area contributed by atoms with Gasteiger partial charge in [-0.3, -0.25) is 9.59 Å². The zero-order valence-corrected chi connectivity index (χ0v) is 12.2. The van der Waals surface area contributed by atoms with Crippen molar-refractivity contribution in [2.75, 3.05) is 19.6 Å². The summed E-state index contributed by atoms with van der Waals surface area (Å²) in [5.41, 5.74) is 5.60. The average molecular weight is 290 g/mol. The second kappa shape index (κ2) is 7.10. The molecule has 2 rings (SSSR count). The van der Waals surface area contributed by atoms with Crippen molar-refractivity contribution in [2.45, 2.75) is 38.6 Å². The predicted octanol–water partition coefficient (Wildman–Crippen LogP) is 0.520. The second-order valence-electron chi connectivity index (χ2n) is 5.60. The van der Waals surface area contributed by atoms with Gasteiger partial charge in [0.05, 0.1) is 12.0 Å². The molecule has 2 amide bonds. The fourth-order valence-electron chi connectivity index (χ4n) is 2.39. The molecule has 1 heterocycles. The maximum Gasteiger partial charge on any atom is 0.239 e. The van der Waals surface area contributed by atoms with Gasteiger partial charge in [0.2, 0.25) is 11.8 Å². The number of nitrogens with two attached hydrogens (primary N) is 1. The number of hydrogen-bond acceptors (Lipinski definition) is 3. The Hall–Kier alpha value is -0.810. The molecule has 19 heavy (non-hydrogen) atoms. The fourth-order valence-corrected chi connectivity index (χ4v) is 2.39. The van der Waals surface area contributed by atoms with Crippen LogP contribution < -0.4 is 11.1 Å². The summed E-state index contributed by atoms with van der Waals surface area (Å²) in [5, 5.41) is 2.99. The Kier molecular flexibility index (Phi) is 6.07. The molecule has 6 heteroatoms. The third-order valence-electron chi connectivity index (χ3n) is 3.76. The third-order valence-corrected chi connectivity index (χ3v) is 3.76. The van der Waals surface area contributed by atoms with Gasteiger partial charge >= 0.3 is 0 Å². The van der Waals surface area contributed by atoms with Gasteiger partial charge in [0, 0.05) is 19.6 Å². The van der Waals surface area contributed by atoms with Gasteiger partial charge in [0.25, 0.3) is 0 Å². The van der Waals surface area contributed by atoms with Crippen LogP contribution in [0.1, 0.15) is 32.6 Å². The maximum absolute atomic E-state index is 12.0. The number of piperidine rings is 1. The molecule has 5 nitrogen and oxygen atoms in total. The summed E-state index contributed by atoms with van der Waals surface area (Å²) in [7, 11) is 0. The van der Waals surface area contributed by atoms with Crippen molar-refractivity contribution in [3.05, 3.63) is 0 Å². The van der Waals surface area contributed by atoms with Crippen molar-refractivity contribution in [1.82, 2.24) is 10.2 Å². The van der Waals surface area contributed by atoms with Crippen molar-refractivity contribution in [3.8, 4) is 0 Å². The Morgan fingerprint density at radius 3 is 2.63 bits per heavy atom. The molecule has 1 saturated carbocycles. The van der Waals surface area contributed by atoms with Crippen LogP contribution >= 0.6 is 12.4 Å². The van der Waals surface area contributed by atoms with E-state index in [1.807, 2.05) is 0 Å². The van der Waals surface area contributed by atoms with E-state index in [2.05, 4.69) is 5.32 Å². The highest BCUT2D eigenvalue weighted by molar-refractivity contribution is 5.85. The number of hydrogen-bond donors (Lipinski definition) is 2. The minimum Gasteiger partial charge on any atom is -0.356 e. The second-order valence-corrected chi connectivity index (χ2v) is 5.60. The summed E-state index contributed by atoms with van der Waals surface area (Å²) < 4.78 is 0. The lowest BCUT2D eigenvalue weighted by atomic mass is 9.96. The van der Waals surface area contributed by atoms with E-state index in [1.165, 1.54) is 12.8 Å². The molecule has 2 atom stereocenters. The van der Waals surface area contributed by atoms with E-state index < -0.39 is 6.04 Å². The fraction of sp³-hybridized carbons (Fsp3) is 0.846. The van der Waals surface area contributed by atoms with E-state index in [1.54, 1.807) is 11.8 Å². The largest absolute Gasteiger partial charge is 0.356 e. The number of carbonyl (C=O) groups is 2. The molecule has 1 aliphatic carbocycles. The molecule has 0 aromatic heterocycles. The van der Waals surface area contributed by atoms with Gasteiger partial charge in [-0.1, -0.05) is 0 Å². The molecule has 0 aromatic rings. The number of halogens is 1. The Bertz CT molecular complexity index is 332. The van der Waals surface area contributed by atoms with Gasteiger partial charge < -0.3 is 16.0 Å². The minimum absolute atomic E-state index is 0. The average Bonchev–Trinajstić information content (AvgIpc) is 3.19. The van der Waals surface area contributed by atoms with Gasteiger partial charge in [-0.15, -0.1) is 12.4 Å². The maximum atomic E-state index is 12.0. The lowest BCUT2D eigenvalue weighted by Crippen LogP contribution is -2.49. The van der Waals surface area contributed by atoms with Gasteiger partial charge in [-0.25, -0.2) is 0 Å². The highest BCUT2D eigenvalue weighted by Crippen LogP contribution is 2.27. The highest BCUT2D eigenvalue weighted by atomic mass is 35.5. The van der Waals surface area contributed by atoms with E-state index in [0.29, 0.717) is 12.5 Å². The van der Waals surface area contributed by atoms with Gasteiger partial charge in [0.1, 0.15) is 0 Å². The Balaban J connectivity index is 0.00000180. The van der Waals surface area contributed by atoms with E-state index >= 15 is 0 Å². The smallest absolute Gasteiger partial charge is 0.239 e. The number of nitrogens with zero attached hydrogens (tertiary/aromatic N) is 1. The van der Waals surface area contributed by atoms with Crippen molar-refractivity contribution < 1.29 is 9.59 Å². The number of rotatable bonds is 4. The van der Waals surface area contributed by atoms with Gasteiger partial charge in [-0.2, -0.15) is 0 Å². The summed E-state index contributed by atoms with van der Waals surface area (Å²) >= 11 is 0. The molecule has 0 radical (unpaired) electrons. The molecule has 0 spiro atoms. The van der Waals surface area contributed by atoms with Crippen LogP contribution in [0.4, 0.5) is 0 Å². The van der Waals surface area contributed by atoms with Gasteiger partial charge in [-0.05, 0) is 38.5 Å².